The summed E-state index contributed by atoms with van der Waals surface area (Å²) in [5, 5.41) is 4.70. The van der Waals surface area contributed by atoms with Gasteiger partial charge in [-0.2, -0.15) is 0 Å². The van der Waals surface area contributed by atoms with Gasteiger partial charge in [-0.25, -0.2) is 9.59 Å². The largest absolute Gasteiger partial charge is 0.467 e. The second-order valence-electron chi connectivity index (χ2n) is 13.2. The monoisotopic (exact) mass is 656 g/mol. The van der Waals surface area contributed by atoms with Crippen molar-refractivity contribution in [1.29, 1.82) is 0 Å². The molecular weight excluding hydrogens is 608 g/mol. The lowest BCUT2D eigenvalue weighted by molar-refractivity contribution is -0.145. The van der Waals surface area contributed by atoms with Gasteiger partial charge in [0.15, 0.2) is 5.78 Å². The molecule has 0 aromatic rings. The van der Waals surface area contributed by atoms with E-state index in [0.717, 1.165) is 18.2 Å². The van der Waals surface area contributed by atoms with Gasteiger partial charge in [0, 0.05) is 18.3 Å². The molecule has 14 heteroatoms. The van der Waals surface area contributed by atoms with Crippen molar-refractivity contribution in [2.24, 2.45) is 11.3 Å². The number of carbonyl (C=O) groups is 5. The number of allylic oxidation sites excluding steroid dienone is 1. The summed E-state index contributed by atoms with van der Waals surface area (Å²) in [4.78, 5) is 61.7. The average Bonchev–Trinajstić information content (AvgIpc) is 3.87. The molecule has 3 fully saturated rings. The summed E-state index contributed by atoms with van der Waals surface area (Å²) in [6.07, 6.45) is 2.10. The number of hydrogen-bond acceptors (Lipinski definition) is 12. The highest BCUT2D eigenvalue weighted by Gasteiger charge is 2.72. The predicted molar refractivity (Wildman–Crippen MR) is 164 cm³/mol. The number of ketones is 1. The van der Waals surface area contributed by atoms with Crippen LogP contribution in [0.3, 0.4) is 0 Å². The van der Waals surface area contributed by atoms with E-state index in [1.54, 1.807) is 27.9 Å². The molecule has 3 aliphatic rings. The Bertz CT molecular complexity index is 1140. The van der Waals surface area contributed by atoms with Gasteiger partial charge in [0.2, 0.25) is 11.8 Å². The van der Waals surface area contributed by atoms with Crippen molar-refractivity contribution in [3.8, 4) is 0 Å². The van der Waals surface area contributed by atoms with E-state index in [4.69, 9.17) is 28.4 Å². The van der Waals surface area contributed by atoms with Gasteiger partial charge in [-0.15, -0.1) is 11.8 Å². The first-order valence-electron chi connectivity index (χ1n) is 15.1. The number of nitrogens with one attached hydrogen (secondary N) is 2. The first-order chi connectivity index (χ1) is 21.1. The molecule has 2 N–H and O–H groups in total. The van der Waals surface area contributed by atoms with Crippen molar-refractivity contribution < 1.29 is 52.4 Å². The van der Waals surface area contributed by atoms with Gasteiger partial charge < -0.3 is 33.7 Å². The zero-order valence-corrected chi connectivity index (χ0v) is 28.3. The fraction of sp³-hybridized carbons (Fsp3) is 0.774. The second-order valence-corrected chi connectivity index (χ2v) is 14.2. The van der Waals surface area contributed by atoms with Crippen molar-refractivity contribution in [1.82, 2.24) is 10.6 Å². The van der Waals surface area contributed by atoms with Gasteiger partial charge in [0.25, 0.3) is 0 Å². The van der Waals surface area contributed by atoms with E-state index in [9.17, 15) is 24.0 Å². The summed E-state index contributed by atoms with van der Waals surface area (Å²) in [6, 6.07) is -1.07. The zero-order valence-electron chi connectivity index (χ0n) is 27.5. The normalized spacial score (nSPS) is 29.2. The van der Waals surface area contributed by atoms with E-state index in [0.29, 0.717) is 19.4 Å². The van der Waals surface area contributed by atoms with Crippen molar-refractivity contribution in [3.63, 3.8) is 0 Å². The number of Topliss-reactive ketones (excluding diaryl/α,β-unsaturated/α-hetero) is 1. The standard InChI is InChI=1S/C31H48N2O11S/c1-18(2)9-10-22-30(6,44-22)26-25(39-7)20(11-12-31(26)17-42-31)43-28(38)33-24(36)16-45-15-19(27(37)40-8)32-23(35)14-41-13-21(34)29(3,4)5/h9,19-20,22,25-26H,10-17H2,1-8H3,(H,32,35)(H,33,36,38)/t19-,20+,22+,25+,26+,30+,31-/m0/s1. The van der Waals surface area contributed by atoms with Gasteiger partial charge in [-0.1, -0.05) is 32.4 Å². The van der Waals surface area contributed by atoms with Crippen LogP contribution in [0.4, 0.5) is 4.79 Å². The van der Waals surface area contributed by atoms with Crippen LogP contribution in [0.5, 0.6) is 0 Å². The minimum Gasteiger partial charge on any atom is -0.467 e. The smallest absolute Gasteiger partial charge is 0.414 e. The topological polar surface area (TPSA) is 171 Å². The summed E-state index contributed by atoms with van der Waals surface area (Å²) in [5.41, 5.74) is -0.264. The van der Waals surface area contributed by atoms with Crippen LogP contribution in [0.1, 0.15) is 60.8 Å². The number of ether oxygens (including phenoxy) is 6. The third kappa shape index (κ3) is 9.98. The Morgan fingerprint density at radius 3 is 2.36 bits per heavy atom. The summed E-state index contributed by atoms with van der Waals surface area (Å²) in [5.74, 6) is -2.49. The van der Waals surface area contributed by atoms with E-state index in [2.05, 4.69) is 16.7 Å². The number of imide groups is 1. The Balaban J connectivity index is 1.47. The molecular formula is C31H48N2O11S. The average molecular weight is 657 g/mol. The van der Waals surface area contributed by atoms with Crippen molar-refractivity contribution >= 4 is 41.4 Å². The quantitative estimate of drug-likeness (QED) is 0.150. The molecule has 13 nitrogen and oxygen atoms in total. The minimum absolute atomic E-state index is 0.00565. The van der Waals surface area contributed by atoms with Crippen LogP contribution < -0.4 is 10.6 Å². The molecule has 0 unspecified atom stereocenters. The summed E-state index contributed by atoms with van der Waals surface area (Å²) in [6.45, 7) is 11.3. The number of carbonyl (C=O) groups excluding carboxylic acids is 5. The minimum atomic E-state index is -1.07. The van der Waals surface area contributed by atoms with E-state index in [1.165, 1.54) is 12.7 Å². The molecule has 0 aromatic heterocycles. The maximum atomic E-state index is 12.7. The number of alkyl carbamates (subject to hydrolysis) is 1. The fourth-order valence-corrected chi connectivity index (χ4v) is 6.49. The van der Waals surface area contributed by atoms with Crippen LogP contribution in [-0.4, -0.2) is 111 Å². The molecule has 1 spiro atoms. The molecule has 2 heterocycles. The van der Waals surface area contributed by atoms with Gasteiger partial charge in [0.05, 0.1) is 31.5 Å². The predicted octanol–water partition coefficient (Wildman–Crippen LogP) is 2.34. The summed E-state index contributed by atoms with van der Waals surface area (Å²) >= 11 is 1.01. The number of rotatable bonds is 15. The Morgan fingerprint density at radius 1 is 1.09 bits per heavy atom. The third-order valence-corrected chi connectivity index (χ3v) is 9.41. The van der Waals surface area contributed by atoms with Crippen LogP contribution in [0.2, 0.25) is 0 Å². The van der Waals surface area contributed by atoms with Crippen molar-refractivity contribution in [2.75, 3.05) is 45.5 Å². The number of epoxide rings is 2. The van der Waals surface area contributed by atoms with Crippen LogP contribution in [0.15, 0.2) is 11.6 Å². The molecule has 2 saturated heterocycles. The molecule has 45 heavy (non-hydrogen) atoms. The number of methoxy groups -OCH3 is 2. The highest BCUT2D eigenvalue weighted by Crippen LogP contribution is 2.59. The third-order valence-electron chi connectivity index (χ3n) is 8.38. The molecule has 0 radical (unpaired) electrons. The lowest BCUT2D eigenvalue weighted by atomic mass is 9.68. The van der Waals surface area contributed by atoms with Gasteiger partial charge in [-0.05, 0) is 40.0 Å². The Morgan fingerprint density at radius 2 is 1.78 bits per heavy atom. The maximum Gasteiger partial charge on any atom is 0.414 e. The number of hydrogen-bond donors (Lipinski definition) is 2. The Hall–Kier alpha value is -2.52. The molecule has 7 atom stereocenters. The van der Waals surface area contributed by atoms with Gasteiger partial charge in [-0.3, -0.25) is 19.7 Å². The van der Waals surface area contributed by atoms with Gasteiger partial charge in [0.1, 0.15) is 42.7 Å². The maximum absolute atomic E-state index is 12.7. The molecule has 1 saturated carbocycles. The molecule has 0 bridgehead atoms. The van der Waals surface area contributed by atoms with Crippen LogP contribution in [0, 0.1) is 11.3 Å². The summed E-state index contributed by atoms with van der Waals surface area (Å²) < 4.78 is 33.6. The Labute approximate surface area is 269 Å². The van der Waals surface area contributed by atoms with Gasteiger partial charge >= 0.3 is 12.1 Å². The Kier molecular flexibility index (Phi) is 12.6. The molecule has 254 valence electrons. The van der Waals surface area contributed by atoms with Crippen molar-refractivity contribution in [2.45, 2.75) is 96.4 Å². The lowest BCUT2D eigenvalue weighted by Gasteiger charge is -2.42. The molecule has 2 aliphatic heterocycles. The first-order valence-corrected chi connectivity index (χ1v) is 16.3. The van der Waals surface area contributed by atoms with E-state index in [-0.39, 0.29) is 41.5 Å². The number of amides is 3. The van der Waals surface area contributed by atoms with Crippen LogP contribution in [-0.2, 0) is 47.6 Å². The molecule has 1 aliphatic carbocycles. The highest BCUT2D eigenvalue weighted by atomic mass is 32.2. The molecule has 3 amide bonds. The van der Waals surface area contributed by atoms with Crippen LogP contribution in [0.25, 0.3) is 0 Å². The van der Waals surface area contributed by atoms with E-state index in [1.807, 2.05) is 20.8 Å². The SMILES string of the molecule is COC(=O)[C@H](CSCC(=O)NC(=O)O[C@@H]1CC[C@]2(CO2)[C@@H]([C@]2(C)O[C@@H]2CC=C(C)C)[C@@H]1OC)NC(=O)COCC(=O)C(C)(C)C. The second kappa shape index (κ2) is 15.4. The van der Waals surface area contributed by atoms with Crippen molar-refractivity contribution in [3.05, 3.63) is 11.6 Å². The van der Waals surface area contributed by atoms with E-state index < -0.39 is 59.7 Å². The lowest BCUT2D eigenvalue weighted by Crippen LogP contribution is -2.56. The zero-order chi connectivity index (χ0) is 33.6. The van der Waals surface area contributed by atoms with E-state index >= 15 is 0 Å². The first kappa shape index (κ1) is 36.9. The number of esters is 1. The highest BCUT2D eigenvalue weighted by molar-refractivity contribution is 8.00. The molecule has 3 rings (SSSR count). The fourth-order valence-electron chi connectivity index (χ4n) is 5.66. The summed E-state index contributed by atoms with van der Waals surface area (Å²) in [7, 11) is 2.74. The molecule has 0 aromatic carbocycles. The van der Waals surface area contributed by atoms with Crippen LogP contribution >= 0.6 is 11.8 Å². The number of thioether (sulfide) groups is 1.